The van der Waals surface area contributed by atoms with E-state index in [9.17, 15) is 4.79 Å². The Morgan fingerprint density at radius 1 is 1.27 bits per heavy atom. The second-order valence-electron chi connectivity index (χ2n) is 8.37. The summed E-state index contributed by atoms with van der Waals surface area (Å²) in [4.78, 5) is 12.5. The number of methoxy groups -OCH3 is 1. The molecule has 0 N–H and O–H groups in total. The quantitative estimate of drug-likeness (QED) is 0.815. The molecule has 0 unspecified atom stereocenters. The van der Waals surface area contributed by atoms with E-state index in [0.29, 0.717) is 30.1 Å². The number of ketones is 1. The molecule has 0 amide bonds. The van der Waals surface area contributed by atoms with Crippen LogP contribution in [-0.2, 0) is 22.6 Å². The van der Waals surface area contributed by atoms with E-state index < -0.39 is 0 Å². The van der Waals surface area contributed by atoms with Crippen LogP contribution < -0.4 is 4.74 Å². The number of rotatable bonds is 4. The molecule has 138 valence electrons. The van der Waals surface area contributed by atoms with Gasteiger partial charge in [0.1, 0.15) is 17.6 Å². The third-order valence-electron chi connectivity index (χ3n) is 7.21. The third-order valence-corrected chi connectivity index (χ3v) is 7.21. The highest BCUT2D eigenvalue weighted by atomic mass is 16.5. The molecule has 0 bridgehead atoms. The Hall–Kier alpha value is -1.86. The first-order valence-corrected chi connectivity index (χ1v) is 9.76. The molecule has 4 heteroatoms. The average molecular weight is 353 g/mol. The highest BCUT2D eigenvalue weighted by Crippen LogP contribution is 2.59. The van der Waals surface area contributed by atoms with E-state index in [1.165, 1.54) is 11.1 Å². The minimum Gasteiger partial charge on any atom is -0.478 e. The Labute approximate surface area is 155 Å². The number of Topliss-reactive ketones (excluding diaryl/α,β-unsaturated/α-hetero) is 1. The van der Waals surface area contributed by atoms with Gasteiger partial charge in [-0.1, -0.05) is 6.92 Å². The highest BCUT2D eigenvalue weighted by Gasteiger charge is 2.54. The number of hydrogen-bond acceptors (Lipinski definition) is 4. The monoisotopic (exact) mass is 353 g/mol. The van der Waals surface area contributed by atoms with Crippen LogP contribution in [0.4, 0.5) is 0 Å². The Kier molecular flexibility index (Phi) is 4.52. The largest absolute Gasteiger partial charge is 0.478 e. The lowest BCUT2D eigenvalue weighted by atomic mass is 9.55. The van der Waals surface area contributed by atoms with Gasteiger partial charge in [0.25, 0.3) is 0 Å². The summed E-state index contributed by atoms with van der Waals surface area (Å²) in [6.45, 7) is 2.77. The molecule has 0 saturated heterocycles. The number of nitrogens with zero attached hydrogens (tertiary/aromatic N) is 1. The van der Waals surface area contributed by atoms with E-state index in [1.807, 2.05) is 6.07 Å². The first-order chi connectivity index (χ1) is 12.6. The van der Waals surface area contributed by atoms with E-state index in [0.717, 1.165) is 49.8 Å². The molecule has 0 spiro atoms. The smallest absolute Gasteiger partial charge is 0.174 e. The third kappa shape index (κ3) is 2.65. The van der Waals surface area contributed by atoms with Crippen molar-refractivity contribution in [3.05, 3.63) is 28.8 Å². The maximum atomic E-state index is 12.5. The van der Waals surface area contributed by atoms with Crippen molar-refractivity contribution in [1.82, 2.24) is 0 Å². The standard InChI is InChI=1S/C22H27NO3/c1-22-8-7-16-17(19(22)5-6-21(22)24)4-3-14-12-20(26-10-9-23)15(13-25-2)11-18(14)16/h11-12,16-17,19H,3-8,10,13H2,1-2H3/t16-,17+,19-,22-/m0/s1. The first kappa shape index (κ1) is 17.5. The Morgan fingerprint density at radius 3 is 2.88 bits per heavy atom. The number of hydrogen-bond donors (Lipinski definition) is 0. The first-order valence-electron chi connectivity index (χ1n) is 9.76. The number of carbonyl (C=O) groups excluding carboxylic acids is 1. The van der Waals surface area contributed by atoms with Gasteiger partial charge in [0, 0.05) is 24.5 Å². The van der Waals surface area contributed by atoms with Crippen LogP contribution >= 0.6 is 0 Å². The fraction of sp³-hybridized carbons (Fsp3) is 0.636. The maximum absolute atomic E-state index is 12.5. The summed E-state index contributed by atoms with van der Waals surface area (Å²) in [7, 11) is 1.69. The van der Waals surface area contributed by atoms with Crippen LogP contribution in [0.15, 0.2) is 12.1 Å². The molecule has 0 aliphatic heterocycles. The van der Waals surface area contributed by atoms with Gasteiger partial charge in [-0.25, -0.2) is 0 Å². The predicted octanol–water partition coefficient (Wildman–Crippen LogP) is 4.16. The number of benzene rings is 1. The summed E-state index contributed by atoms with van der Waals surface area (Å²) in [5.41, 5.74) is 3.73. The van der Waals surface area contributed by atoms with Crippen molar-refractivity contribution in [3.8, 4) is 11.8 Å². The molecule has 4 atom stereocenters. The second-order valence-corrected chi connectivity index (χ2v) is 8.37. The normalized spacial score (nSPS) is 32.3. The van der Waals surface area contributed by atoms with Crippen LogP contribution in [0.3, 0.4) is 0 Å². The molecule has 3 aliphatic rings. The molecule has 0 heterocycles. The van der Waals surface area contributed by atoms with E-state index >= 15 is 0 Å². The summed E-state index contributed by atoms with van der Waals surface area (Å²) < 4.78 is 11.0. The lowest BCUT2D eigenvalue weighted by Gasteiger charge is -2.48. The number of fused-ring (bicyclic) bond motifs is 5. The van der Waals surface area contributed by atoms with Gasteiger partial charge in [0.2, 0.25) is 0 Å². The van der Waals surface area contributed by atoms with Gasteiger partial charge < -0.3 is 9.47 Å². The molecular weight excluding hydrogens is 326 g/mol. The summed E-state index contributed by atoms with van der Waals surface area (Å²) in [5, 5.41) is 8.84. The molecule has 3 aliphatic carbocycles. The van der Waals surface area contributed by atoms with Gasteiger partial charge in [-0.05, 0) is 73.1 Å². The van der Waals surface area contributed by atoms with E-state index in [1.54, 1.807) is 7.11 Å². The van der Waals surface area contributed by atoms with Crippen molar-refractivity contribution in [2.75, 3.05) is 13.7 Å². The van der Waals surface area contributed by atoms with Gasteiger partial charge in [-0.15, -0.1) is 0 Å². The number of aryl methyl sites for hydroxylation is 1. The Bertz CT molecular complexity index is 765. The lowest BCUT2D eigenvalue weighted by molar-refractivity contribution is -0.129. The van der Waals surface area contributed by atoms with Crippen molar-refractivity contribution in [2.45, 2.75) is 58.0 Å². The van der Waals surface area contributed by atoms with Crippen molar-refractivity contribution in [3.63, 3.8) is 0 Å². The summed E-state index contributed by atoms with van der Waals surface area (Å²) in [6, 6.07) is 6.43. The zero-order chi connectivity index (χ0) is 18.3. The molecule has 1 aromatic carbocycles. The number of ether oxygens (including phenoxy) is 2. The number of carbonyl (C=O) groups is 1. The minimum atomic E-state index is -0.0795. The molecular formula is C22H27NO3. The van der Waals surface area contributed by atoms with Crippen LogP contribution in [0.5, 0.6) is 5.75 Å². The van der Waals surface area contributed by atoms with Gasteiger partial charge >= 0.3 is 0 Å². The molecule has 4 nitrogen and oxygen atoms in total. The lowest BCUT2D eigenvalue weighted by Crippen LogP contribution is -2.42. The van der Waals surface area contributed by atoms with E-state index in [2.05, 4.69) is 19.1 Å². The van der Waals surface area contributed by atoms with Crippen molar-refractivity contribution < 1.29 is 14.3 Å². The van der Waals surface area contributed by atoms with Crippen molar-refractivity contribution >= 4 is 5.78 Å². The molecule has 0 radical (unpaired) electrons. The zero-order valence-electron chi connectivity index (χ0n) is 15.7. The zero-order valence-corrected chi connectivity index (χ0v) is 15.7. The molecule has 4 rings (SSSR count). The fourth-order valence-electron chi connectivity index (χ4n) is 5.93. The van der Waals surface area contributed by atoms with Crippen LogP contribution in [0, 0.1) is 28.6 Å². The summed E-state index contributed by atoms with van der Waals surface area (Å²) in [6.07, 6.45) is 6.15. The molecule has 26 heavy (non-hydrogen) atoms. The van der Waals surface area contributed by atoms with Crippen LogP contribution in [0.25, 0.3) is 0 Å². The van der Waals surface area contributed by atoms with Crippen LogP contribution in [0.1, 0.15) is 61.6 Å². The number of nitriles is 1. The van der Waals surface area contributed by atoms with Gasteiger partial charge in [-0.2, -0.15) is 5.26 Å². The highest BCUT2D eigenvalue weighted by molar-refractivity contribution is 5.87. The Morgan fingerprint density at radius 2 is 2.12 bits per heavy atom. The van der Waals surface area contributed by atoms with E-state index in [4.69, 9.17) is 14.7 Å². The minimum absolute atomic E-state index is 0.0596. The molecule has 1 aromatic rings. The summed E-state index contributed by atoms with van der Waals surface area (Å²) in [5.74, 6) is 2.98. The van der Waals surface area contributed by atoms with Gasteiger partial charge in [0.15, 0.2) is 6.61 Å². The van der Waals surface area contributed by atoms with E-state index in [-0.39, 0.29) is 12.0 Å². The maximum Gasteiger partial charge on any atom is 0.174 e. The Balaban J connectivity index is 1.68. The molecule has 0 aromatic heterocycles. The van der Waals surface area contributed by atoms with Crippen LogP contribution in [-0.4, -0.2) is 19.5 Å². The van der Waals surface area contributed by atoms with Gasteiger partial charge in [-0.3, -0.25) is 4.79 Å². The second kappa shape index (κ2) is 6.70. The average Bonchev–Trinajstić information content (AvgIpc) is 2.95. The molecule has 2 fully saturated rings. The van der Waals surface area contributed by atoms with Gasteiger partial charge in [0.05, 0.1) is 6.61 Å². The molecule has 2 saturated carbocycles. The van der Waals surface area contributed by atoms with Crippen molar-refractivity contribution in [1.29, 1.82) is 5.26 Å². The SMILES string of the molecule is COCc1cc2c(cc1OCC#N)CC[C@@H]1[C@@H]2CC[C@]2(C)C(=O)CC[C@@H]12. The van der Waals surface area contributed by atoms with Crippen molar-refractivity contribution in [2.24, 2.45) is 17.3 Å². The fourth-order valence-corrected chi connectivity index (χ4v) is 5.93. The summed E-state index contributed by atoms with van der Waals surface area (Å²) >= 11 is 0. The predicted molar refractivity (Wildman–Crippen MR) is 97.9 cm³/mol. The van der Waals surface area contributed by atoms with Crippen LogP contribution in [0.2, 0.25) is 0 Å². The topological polar surface area (TPSA) is 59.3 Å².